The van der Waals surface area contributed by atoms with E-state index in [0.717, 1.165) is 17.0 Å². The number of hydrogen-bond donors (Lipinski definition) is 1. The Kier molecular flexibility index (Phi) is 5.41. The Balaban J connectivity index is 2.36. The first-order valence-corrected chi connectivity index (χ1v) is 7.47. The van der Waals surface area contributed by atoms with E-state index in [1.165, 1.54) is 0 Å². The number of thiazole rings is 1. The van der Waals surface area contributed by atoms with Crippen LogP contribution in [0, 0.1) is 0 Å². The fourth-order valence-corrected chi connectivity index (χ4v) is 2.88. The normalized spacial score (nSPS) is 12.0. The molecule has 2 rings (SSSR count). The van der Waals surface area contributed by atoms with Crippen LogP contribution in [0.2, 0.25) is 0 Å². The highest BCUT2D eigenvalue weighted by Crippen LogP contribution is 2.40. The lowest BCUT2D eigenvalue weighted by Crippen LogP contribution is -2.19. The van der Waals surface area contributed by atoms with E-state index in [1.54, 1.807) is 32.7 Å². The fourth-order valence-electron chi connectivity index (χ4n) is 2.22. The van der Waals surface area contributed by atoms with Crippen LogP contribution in [0.25, 0.3) is 0 Å². The average molecular weight is 308 g/mol. The molecule has 0 spiro atoms. The highest BCUT2D eigenvalue weighted by molar-refractivity contribution is 7.09. The Morgan fingerprint density at radius 3 is 2.24 bits per heavy atom. The maximum atomic E-state index is 5.40. The van der Waals surface area contributed by atoms with E-state index in [1.807, 2.05) is 30.8 Å². The van der Waals surface area contributed by atoms with Crippen LogP contribution in [-0.2, 0) is 6.42 Å². The third-order valence-corrected chi connectivity index (χ3v) is 4.10. The summed E-state index contributed by atoms with van der Waals surface area (Å²) in [7, 11) is 6.78. The van der Waals surface area contributed by atoms with Gasteiger partial charge in [-0.15, -0.1) is 11.3 Å². The smallest absolute Gasteiger partial charge is 0.203 e. The summed E-state index contributed by atoms with van der Waals surface area (Å²) in [6.45, 7) is 0. The lowest BCUT2D eigenvalue weighted by atomic mass is 10.0. The van der Waals surface area contributed by atoms with E-state index in [2.05, 4.69) is 10.3 Å². The Hall–Kier alpha value is -1.79. The van der Waals surface area contributed by atoms with Crippen LogP contribution in [0.4, 0.5) is 0 Å². The van der Waals surface area contributed by atoms with Gasteiger partial charge in [-0.05, 0) is 24.7 Å². The predicted molar refractivity (Wildman–Crippen MR) is 83.7 cm³/mol. The van der Waals surface area contributed by atoms with Crippen molar-refractivity contribution in [1.82, 2.24) is 10.3 Å². The molecule has 1 heterocycles. The third kappa shape index (κ3) is 3.46. The van der Waals surface area contributed by atoms with Gasteiger partial charge < -0.3 is 19.5 Å². The maximum Gasteiger partial charge on any atom is 0.203 e. The molecular weight excluding hydrogens is 288 g/mol. The van der Waals surface area contributed by atoms with Gasteiger partial charge in [0.05, 0.1) is 26.3 Å². The van der Waals surface area contributed by atoms with Crippen molar-refractivity contribution in [1.29, 1.82) is 0 Å². The molecule has 1 aromatic heterocycles. The summed E-state index contributed by atoms with van der Waals surface area (Å²) in [5.41, 5.74) is 1.07. The first kappa shape index (κ1) is 15.6. The van der Waals surface area contributed by atoms with Gasteiger partial charge in [0.1, 0.15) is 0 Å². The molecule has 1 N–H and O–H groups in total. The maximum absolute atomic E-state index is 5.40. The molecule has 114 valence electrons. The Bertz CT molecular complexity index is 547. The molecule has 21 heavy (non-hydrogen) atoms. The Labute approximate surface area is 128 Å². The van der Waals surface area contributed by atoms with Crippen molar-refractivity contribution >= 4 is 11.3 Å². The zero-order valence-electron chi connectivity index (χ0n) is 12.7. The second-order valence-corrected chi connectivity index (χ2v) is 5.41. The summed E-state index contributed by atoms with van der Waals surface area (Å²) >= 11 is 1.65. The van der Waals surface area contributed by atoms with Crippen LogP contribution in [0.3, 0.4) is 0 Å². The number of hydrogen-bond acceptors (Lipinski definition) is 6. The van der Waals surface area contributed by atoms with Crippen LogP contribution < -0.4 is 19.5 Å². The lowest BCUT2D eigenvalue weighted by Gasteiger charge is -2.19. The second kappa shape index (κ2) is 7.28. The minimum Gasteiger partial charge on any atom is -0.493 e. The van der Waals surface area contributed by atoms with Crippen molar-refractivity contribution < 1.29 is 14.2 Å². The van der Waals surface area contributed by atoms with Gasteiger partial charge in [-0.3, -0.25) is 0 Å². The van der Waals surface area contributed by atoms with Gasteiger partial charge in [0.2, 0.25) is 5.75 Å². The molecule has 0 aliphatic rings. The van der Waals surface area contributed by atoms with Gasteiger partial charge in [0, 0.05) is 24.0 Å². The Morgan fingerprint density at radius 2 is 1.81 bits per heavy atom. The van der Waals surface area contributed by atoms with Gasteiger partial charge in [0.25, 0.3) is 0 Å². The van der Waals surface area contributed by atoms with E-state index in [-0.39, 0.29) is 6.04 Å². The van der Waals surface area contributed by atoms with Gasteiger partial charge in [-0.25, -0.2) is 4.98 Å². The zero-order chi connectivity index (χ0) is 15.2. The number of aromatic nitrogens is 1. The van der Waals surface area contributed by atoms with E-state index in [4.69, 9.17) is 14.2 Å². The number of rotatable bonds is 7. The minimum atomic E-state index is 0.129. The Morgan fingerprint density at radius 1 is 1.14 bits per heavy atom. The molecule has 5 nitrogen and oxygen atoms in total. The minimum absolute atomic E-state index is 0.129. The lowest BCUT2D eigenvalue weighted by molar-refractivity contribution is 0.323. The molecule has 0 bridgehead atoms. The molecule has 6 heteroatoms. The van der Waals surface area contributed by atoms with Gasteiger partial charge in [-0.1, -0.05) is 0 Å². The van der Waals surface area contributed by atoms with Crippen molar-refractivity contribution in [3.63, 3.8) is 0 Å². The van der Waals surface area contributed by atoms with Crippen molar-refractivity contribution in [2.75, 3.05) is 28.4 Å². The topological polar surface area (TPSA) is 52.6 Å². The third-order valence-electron chi connectivity index (χ3n) is 3.30. The van der Waals surface area contributed by atoms with Crippen LogP contribution in [0.1, 0.15) is 16.6 Å². The van der Waals surface area contributed by atoms with E-state index in [0.29, 0.717) is 17.2 Å². The standard InChI is InChI=1S/C15H20N2O3S/c1-16-11(9-14-17-5-6-21-14)10-7-12(18-2)15(20-4)13(8-10)19-3/h5-8,11,16H,9H2,1-4H3. The van der Waals surface area contributed by atoms with Crippen LogP contribution >= 0.6 is 11.3 Å². The van der Waals surface area contributed by atoms with E-state index < -0.39 is 0 Å². The quantitative estimate of drug-likeness (QED) is 0.852. The first-order chi connectivity index (χ1) is 10.2. The fraction of sp³-hybridized carbons (Fsp3) is 0.400. The highest BCUT2D eigenvalue weighted by Gasteiger charge is 2.18. The molecular formula is C15H20N2O3S. The summed E-state index contributed by atoms with van der Waals surface area (Å²) in [5.74, 6) is 1.92. The highest BCUT2D eigenvalue weighted by atomic mass is 32.1. The molecule has 0 saturated carbocycles. The van der Waals surface area contributed by atoms with Gasteiger partial charge in [0.15, 0.2) is 11.5 Å². The SMILES string of the molecule is CNC(Cc1nccs1)c1cc(OC)c(OC)c(OC)c1. The molecule has 1 aromatic carbocycles. The molecule has 1 atom stereocenters. The van der Waals surface area contributed by atoms with Crippen molar-refractivity contribution in [2.45, 2.75) is 12.5 Å². The number of nitrogens with zero attached hydrogens (tertiary/aromatic N) is 1. The molecule has 1 unspecified atom stereocenters. The number of benzene rings is 1. The average Bonchev–Trinajstić information content (AvgIpc) is 3.04. The summed E-state index contributed by atoms with van der Waals surface area (Å²) in [6.07, 6.45) is 2.63. The summed E-state index contributed by atoms with van der Waals surface area (Å²) < 4.78 is 16.2. The largest absolute Gasteiger partial charge is 0.493 e. The zero-order valence-corrected chi connectivity index (χ0v) is 13.5. The molecule has 0 amide bonds. The van der Waals surface area contributed by atoms with Crippen molar-refractivity contribution in [2.24, 2.45) is 0 Å². The molecule has 2 aromatic rings. The molecule has 0 fully saturated rings. The van der Waals surface area contributed by atoms with E-state index in [9.17, 15) is 0 Å². The van der Waals surface area contributed by atoms with Crippen LogP contribution in [0.15, 0.2) is 23.7 Å². The summed E-state index contributed by atoms with van der Waals surface area (Å²) in [5, 5.41) is 6.38. The number of nitrogens with one attached hydrogen (secondary N) is 1. The van der Waals surface area contributed by atoms with Crippen molar-refractivity contribution in [3.8, 4) is 17.2 Å². The van der Waals surface area contributed by atoms with Gasteiger partial charge >= 0.3 is 0 Å². The van der Waals surface area contributed by atoms with Crippen LogP contribution in [-0.4, -0.2) is 33.4 Å². The van der Waals surface area contributed by atoms with Crippen LogP contribution in [0.5, 0.6) is 17.2 Å². The monoisotopic (exact) mass is 308 g/mol. The summed E-state index contributed by atoms with van der Waals surface area (Å²) in [6, 6.07) is 4.07. The second-order valence-electron chi connectivity index (χ2n) is 4.43. The first-order valence-electron chi connectivity index (χ1n) is 6.59. The van der Waals surface area contributed by atoms with E-state index >= 15 is 0 Å². The summed E-state index contributed by atoms with van der Waals surface area (Å²) in [4.78, 5) is 4.34. The number of likely N-dealkylation sites (N-methyl/N-ethyl adjacent to an activating group) is 1. The molecule has 0 saturated heterocycles. The van der Waals surface area contributed by atoms with Crippen molar-refractivity contribution in [3.05, 3.63) is 34.3 Å². The predicted octanol–water partition coefficient (Wildman–Crippen LogP) is 2.67. The number of methoxy groups -OCH3 is 3. The molecule has 0 radical (unpaired) electrons. The number of ether oxygens (including phenoxy) is 3. The molecule has 0 aliphatic carbocycles. The molecule has 0 aliphatic heterocycles. The van der Waals surface area contributed by atoms with Gasteiger partial charge in [-0.2, -0.15) is 0 Å².